The minimum atomic E-state index is -0.491. The van der Waals surface area contributed by atoms with Crippen LogP contribution < -0.4 is 0 Å². The lowest BCUT2D eigenvalue weighted by atomic mass is 10.0. The Kier molecular flexibility index (Phi) is 19.8. The average molecular weight is 333 g/mol. The molecule has 3 heteroatoms. The quantitative estimate of drug-likeness (QED) is 0.291. The van der Waals surface area contributed by atoms with Crippen molar-refractivity contribution in [1.29, 1.82) is 0 Å². The maximum atomic E-state index is 12.3. The zero-order valence-corrected chi connectivity index (χ0v) is 15.5. The molecule has 0 fully saturated rings. The molecule has 0 amide bonds. The molecule has 0 aromatic heterocycles. The van der Waals surface area contributed by atoms with Gasteiger partial charge in [0.25, 0.3) is 0 Å². The molecule has 1 N–H and O–H groups in total. The predicted octanol–water partition coefficient (Wildman–Crippen LogP) is 6.06. The van der Waals surface area contributed by atoms with Crippen molar-refractivity contribution in [3.63, 3.8) is 0 Å². The number of rotatable bonds is 19. The molecule has 2 nitrogen and oxygen atoms in total. The fourth-order valence-corrected chi connectivity index (χ4v) is 2.79. The highest BCUT2D eigenvalue weighted by atomic mass is 19.1. The summed E-state index contributed by atoms with van der Waals surface area (Å²) in [5, 5.41) is 8.83. The largest absolute Gasteiger partial charge is 0.396 e. The van der Waals surface area contributed by atoms with E-state index in [9.17, 15) is 4.39 Å². The van der Waals surface area contributed by atoms with E-state index in [1.54, 1.807) is 0 Å². The molecular weight excluding hydrogens is 291 g/mol. The van der Waals surface area contributed by atoms with Crippen molar-refractivity contribution in [1.82, 2.24) is 0 Å². The number of ether oxygens (including phenoxy) is 1. The summed E-state index contributed by atoms with van der Waals surface area (Å²) in [6.07, 6.45) is 18.9. The monoisotopic (exact) mass is 332 g/mol. The first-order chi connectivity index (χ1) is 11.3. The Balaban J connectivity index is 3.02. The van der Waals surface area contributed by atoms with Gasteiger partial charge in [-0.3, -0.25) is 4.39 Å². The van der Waals surface area contributed by atoms with Gasteiger partial charge in [0.05, 0.1) is 19.9 Å². The Labute approximate surface area is 144 Å². The standard InChI is InChI=1S/C20H41FO2/c1-2-3-4-5-6-7-8-9-10-11-12-13-14-15-16-23-19-20(17-21)18-22/h20,22H,2-19H2,1H3. The van der Waals surface area contributed by atoms with Crippen molar-refractivity contribution in [2.75, 3.05) is 26.5 Å². The van der Waals surface area contributed by atoms with E-state index < -0.39 is 6.67 Å². The number of halogens is 1. The van der Waals surface area contributed by atoms with E-state index in [0.29, 0.717) is 13.2 Å². The number of unbranched alkanes of at least 4 members (excludes halogenated alkanes) is 13. The summed E-state index contributed by atoms with van der Waals surface area (Å²) in [4.78, 5) is 0. The second-order valence-electron chi connectivity index (χ2n) is 6.87. The summed E-state index contributed by atoms with van der Waals surface area (Å²) in [6.45, 7) is 2.72. The van der Waals surface area contributed by atoms with Crippen molar-refractivity contribution in [2.24, 2.45) is 5.92 Å². The van der Waals surface area contributed by atoms with Gasteiger partial charge in [-0.05, 0) is 6.42 Å². The topological polar surface area (TPSA) is 29.5 Å². The minimum Gasteiger partial charge on any atom is -0.396 e. The van der Waals surface area contributed by atoms with E-state index in [0.717, 1.165) is 6.42 Å². The van der Waals surface area contributed by atoms with Gasteiger partial charge >= 0.3 is 0 Å². The molecule has 140 valence electrons. The lowest BCUT2D eigenvalue weighted by Gasteiger charge is -2.10. The van der Waals surface area contributed by atoms with Crippen LogP contribution in [0.4, 0.5) is 4.39 Å². The van der Waals surface area contributed by atoms with E-state index in [2.05, 4.69) is 6.92 Å². The van der Waals surface area contributed by atoms with Crippen molar-refractivity contribution in [3.8, 4) is 0 Å². The van der Waals surface area contributed by atoms with Crippen LogP contribution in [0.5, 0.6) is 0 Å². The minimum absolute atomic E-state index is 0.116. The first kappa shape index (κ1) is 22.9. The van der Waals surface area contributed by atoms with Crippen LogP contribution in [0.15, 0.2) is 0 Å². The van der Waals surface area contributed by atoms with E-state index in [4.69, 9.17) is 9.84 Å². The Bertz CT molecular complexity index is 208. The molecule has 0 aliphatic carbocycles. The van der Waals surface area contributed by atoms with Gasteiger partial charge in [0.1, 0.15) is 0 Å². The van der Waals surface area contributed by atoms with E-state index in [1.165, 1.54) is 83.5 Å². The Morgan fingerprint density at radius 3 is 1.57 bits per heavy atom. The Morgan fingerprint density at radius 2 is 1.17 bits per heavy atom. The van der Waals surface area contributed by atoms with Crippen LogP contribution in [0.3, 0.4) is 0 Å². The highest BCUT2D eigenvalue weighted by Crippen LogP contribution is 2.13. The van der Waals surface area contributed by atoms with Gasteiger partial charge in [0.2, 0.25) is 0 Å². The summed E-state index contributed by atoms with van der Waals surface area (Å²) >= 11 is 0. The first-order valence-electron chi connectivity index (χ1n) is 10.1. The summed E-state index contributed by atoms with van der Waals surface area (Å²) in [7, 11) is 0. The zero-order valence-electron chi connectivity index (χ0n) is 15.5. The molecule has 0 saturated heterocycles. The maximum absolute atomic E-state index is 12.3. The van der Waals surface area contributed by atoms with Crippen LogP contribution in [-0.4, -0.2) is 31.6 Å². The van der Waals surface area contributed by atoms with Gasteiger partial charge in [-0.15, -0.1) is 0 Å². The lowest BCUT2D eigenvalue weighted by Crippen LogP contribution is -2.16. The van der Waals surface area contributed by atoms with Crippen molar-refractivity contribution < 1.29 is 14.2 Å². The SMILES string of the molecule is CCCCCCCCCCCCCCCCOCC(CO)CF. The van der Waals surface area contributed by atoms with Crippen LogP contribution in [0.25, 0.3) is 0 Å². The van der Waals surface area contributed by atoms with E-state index in [1.807, 2.05) is 0 Å². The molecule has 0 heterocycles. The number of aliphatic hydroxyl groups is 1. The summed E-state index contributed by atoms with van der Waals surface area (Å²) in [6, 6.07) is 0. The van der Waals surface area contributed by atoms with Gasteiger partial charge in [-0.25, -0.2) is 0 Å². The summed E-state index contributed by atoms with van der Waals surface area (Å²) in [5.74, 6) is -0.332. The molecule has 1 atom stereocenters. The number of aliphatic hydroxyl groups excluding tert-OH is 1. The number of hydrogen-bond acceptors (Lipinski definition) is 2. The van der Waals surface area contributed by atoms with Crippen LogP contribution in [0.2, 0.25) is 0 Å². The third kappa shape index (κ3) is 18.0. The highest BCUT2D eigenvalue weighted by Gasteiger charge is 2.05. The van der Waals surface area contributed by atoms with Crippen LogP contribution in [0, 0.1) is 5.92 Å². The molecular formula is C20H41FO2. The van der Waals surface area contributed by atoms with Crippen molar-refractivity contribution in [3.05, 3.63) is 0 Å². The third-order valence-corrected chi connectivity index (χ3v) is 4.47. The van der Waals surface area contributed by atoms with Crippen molar-refractivity contribution in [2.45, 2.75) is 96.8 Å². The highest BCUT2D eigenvalue weighted by molar-refractivity contribution is 4.53. The normalized spacial score (nSPS) is 12.7. The van der Waals surface area contributed by atoms with Gasteiger partial charge in [0.15, 0.2) is 0 Å². The Morgan fingerprint density at radius 1 is 0.739 bits per heavy atom. The van der Waals surface area contributed by atoms with Gasteiger partial charge in [-0.1, -0.05) is 90.4 Å². The fraction of sp³-hybridized carbons (Fsp3) is 1.00. The van der Waals surface area contributed by atoms with Crippen LogP contribution in [-0.2, 0) is 4.74 Å². The van der Waals surface area contributed by atoms with Crippen molar-refractivity contribution >= 4 is 0 Å². The predicted molar refractivity (Wildman–Crippen MR) is 97.7 cm³/mol. The molecule has 0 radical (unpaired) electrons. The molecule has 0 aromatic rings. The molecule has 0 aromatic carbocycles. The zero-order chi connectivity index (χ0) is 17.0. The van der Waals surface area contributed by atoms with Gasteiger partial charge < -0.3 is 9.84 Å². The molecule has 1 unspecified atom stereocenters. The molecule has 0 saturated carbocycles. The molecule has 0 aliphatic heterocycles. The third-order valence-electron chi connectivity index (χ3n) is 4.47. The average Bonchev–Trinajstić information content (AvgIpc) is 2.58. The van der Waals surface area contributed by atoms with Gasteiger partial charge in [-0.2, -0.15) is 0 Å². The second kappa shape index (κ2) is 19.9. The number of alkyl halides is 1. The first-order valence-corrected chi connectivity index (χ1v) is 10.1. The molecule has 0 spiro atoms. The molecule has 0 aliphatic rings. The van der Waals surface area contributed by atoms with Gasteiger partial charge in [0, 0.05) is 12.5 Å². The molecule has 0 bridgehead atoms. The summed E-state index contributed by atoms with van der Waals surface area (Å²) < 4.78 is 17.7. The second-order valence-corrected chi connectivity index (χ2v) is 6.87. The number of hydrogen-bond donors (Lipinski definition) is 1. The summed E-state index contributed by atoms with van der Waals surface area (Å²) in [5.41, 5.74) is 0. The van der Waals surface area contributed by atoms with E-state index in [-0.39, 0.29) is 12.5 Å². The van der Waals surface area contributed by atoms with Crippen LogP contribution in [0.1, 0.15) is 96.8 Å². The lowest BCUT2D eigenvalue weighted by molar-refractivity contribution is 0.0600. The maximum Gasteiger partial charge on any atom is 0.0966 e. The van der Waals surface area contributed by atoms with Crippen LogP contribution >= 0.6 is 0 Å². The van der Waals surface area contributed by atoms with E-state index >= 15 is 0 Å². The fourth-order valence-electron chi connectivity index (χ4n) is 2.79. The Hall–Kier alpha value is -0.150. The smallest absolute Gasteiger partial charge is 0.0966 e. The molecule has 23 heavy (non-hydrogen) atoms. The molecule has 0 rings (SSSR count).